The zero-order valence-electron chi connectivity index (χ0n) is 13.8. The fourth-order valence-corrected chi connectivity index (χ4v) is 4.35. The Morgan fingerprint density at radius 3 is 2.92 bits per heavy atom. The van der Waals surface area contributed by atoms with Gasteiger partial charge in [-0.05, 0) is 35.3 Å². The van der Waals surface area contributed by atoms with Crippen molar-refractivity contribution in [3.63, 3.8) is 0 Å². The Morgan fingerprint density at radius 2 is 2.04 bits per heavy atom. The second-order valence-electron chi connectivity index (χ2n) is 5.77. The minimum Gasteiger partial charge on any atom is -0.451 e. The molecule has 0 saturated carbocycles. The van der Waals surface area contributed by atoms with E-state index in [2.05, 4.69) is 31.6 Å². The fourth-order valence-electron chi connectivity index (χ4n) is 2.82. The highest BCUT2D eigenvalue weighted by Crippen LogP contribution is 2.35. The summed E-state index contributed by atoms with van der Waals surface area (Å²) in [7, 11) is 1.97. The number of nitrogens with zero attached hydrogens (tertiary/aromatic N) is 5. The first kappa shape index (κ1) is 15.5. The molecule has 0 fully saturated rings. The molecule has 128 valence electrons. The topological polar surface area (TPSA) is 69.6 Å². The van der Waals surface area contributed by atoms with E-state index in [-0.39, 0.29) is 0 Å². The van der Waals surface area contributed by atoms with Gasteiger partial charge in [0.2, 0.25) is 0 Å². The minimum absolute atomic E-state index is 0.682. The molecule has 0 bridgehead atoms. The van der Waals surface area contributed by atoms with Crippen molar-refractivity contribution in [3.8, 4) is 0 Å². The van der Waals surface area contributed by atoms with Gasteiger partial charge in [0, 0.05) is 23.7 Å². The maximum Gasteiger partial charge on any atom is 0.197 e. The van der Waals surface area contributed by atoms with E-state index in [9.17, 15) is 0 Å². The van der Waals surface area contributed by atoms with Crippen LogP contribution in [0.1, 0.15) is 10.7 Å². The van der Waals surface area contributed by atoms with Gasteiger partial charge in [-0.15, -0.1) is 21.5 Å². The van der Waals surface area contributed by atoms with E-state index < -0.39 is 0 Å². The number of hydrogen-bond acceptors (Lipinski definition) is 7. The van der Waals surface area contributed by atoms with Crippen LogP contribution < -0.4 is 0 Å². The van der Waals surface area contributed by atoms with Crippen molar-refractivity contribution in [1.82, 2.24) is 24.7 Å². The molecule has 6 nitrogen and oxygen atoms in total. The number of fused-ring (bicyclic) bond motifs is 3. The molecule has 4 aromatic heterocycles. The molecule has 0 N–H and O–H groups in total. The summed E-state index contributed by atoms with van der Waals surface area (Å²) < 4.78 is 7.99. The summed E-state index contributed by atoms with van der Waals surface area (Å²) in [6.45, 7) is 0. The predicted molar refractivity (Wildman–Crippen MR) is 102 cm³/mol. The smallest absolute Gasteiger partial charge is 0.197 e. The van der Waals surface area contributed by atoms with E-state index in [0.29, 0.717) is 5.58 Å². The molecular weight excluding hydrogens is 366 g/mol. The maximum absolute atomic E-state index is 5.99. The van der Waals surface area contributed by atoms with E-state index in [1.807, 2.05) is 41.9 Å². The van der Waals surface area contributed by atoms with Crippen LogP contribution in [-0.4, -0.2) is 24.7 Å². The van der Waals surface area contributed by atoms with Gasteiger partial charge in [-0.25, -0.2) is 9.97 Å². The Hall–Kier alpha value is -2.71. The van der Waals surface area contributed by atoms with Crippen LogP contribution >= 0.6 is 23.1 Å². The van der Waals surface area contributed by atoms with Crippen LogP contribution in [0.25, 0.3) is 22.1 Å². The molecule has 26 heavy (non-hydrogen) atoms. The fraction of sp³-hybridized carbons (Fsp3) is 0.111. The first-order valence-corrected chi connectivity index (χ1v) is 9.70. The van der Waals surface area contributed by atoms with Crippen LogP contribution in [0, 0.1) is 0 Å². The van der Waals surface area contributed by atoms with Crippen LogP contribution in [0.2, 0.25) is 0 Å². The molecule has 0 aliphatic carbocycles. The van der Waals surface area contributed by atoms with E-state index in [1.54, 1.807) is 17.7 Å². The van der Waals surface area contributed by atoms with Gasteiger partial charge in [-0.2, -0.15) is 0 Å². The van der Waals surface area contributed by atoms with Gasteiger partial charge in [0.05, 0.1) is 0 Å². The number of thiophene rings is 1. The molecule has 0 atom stereocenters. The van der Waals surface area contributed by atoms with Gasteiger partial charge in [0.1, 0.15) is 23.3 Å². The molecule has 8 heteroatoms. The summed E-state index contributed by atoms with van der Waals surface area (Å²) >= 11 is 3.16. The SMILES string of the molecule is Cn1c(Cc2cccs2)nnc1Sc1ncnc2c1oc1ccccc12. The standard InChI is InChI=1S/C18H13N5OS2/c1-23-14(9-11-5-4-8-25-11)21-22-18(23)26-17-16-15(19-10-20-17)12-6-2-3-7-13(12)24-16/h2-8,10H,9H2,1H3. The Balaban J connectivity index is 1.53. The lowest BCUT2D eigenvalue weighted by Crippen LogP contribution is -1.99. The predicted octanol–water partition coefficient (Wildman–Crippen LogP) is 4.31. The molecule has 0 spiro atoms. The second kappa shape index (κ2) is 6.22. The molecule has 1 aromatic carbocycles. The van der Waals surface area contributed by atoms with E-state index in [0.717, 1.165) is 38.9 Å². The molecule has 0 radical (unpaired) electrons. The van der Waals surface area contributed by atoms with Crippen LogP contribution in [0.3, 0.4) is 0 Å². The third-order valence-electron chi connectivity index (χ3n) is 4.15. The van der Waals surface area contributed by atoms with Gasteiger partial charge < -0.3 is 8.98 Å². The largest absolute Gasteiger partial charge is 0.451 e. The molecular formula is C18H13N5OS2. The van der Waals surface area contributed by atoms with Crippen molar-refractivity contribution in [2.24, 2.45) is 7.05 Å². The summed E-state index contributed by atoms with van der Waals surface area (Å²) in [5.41, 5.74) is 2.31. The van der Waals surface area contributed by atoms with E-state index in [1.165, 1.54) is 16.6 Å². The van der Waals surface area contributed by atoms with Gasteiger partial charge in [-0.1, -0.05) is 18.2 Å². The first-order chi connectivity index (χ1) is 12.8. The monoisotopic (exact) mass is 379 g/mol. The lowest BCUT2D eigenvalue weighted by molar-refractivity contribution is 0.652. The summed E-state index contributed by atoms with van der Waals surface area (Å²) in [6.07, 6.45) is 2.33. The van der Waals surface area contributed by atoms with Crippen molar-refractivity contribution >= 4 is 45.2 Å². The Labute approximate surface area is 156 Å². The normalized spacial score (nSPS) is 11.6. The zero-order valence-corrected chi connectivity index (χ0v) is 15.4. The average molecular weight is 379 g/mol. The maximum atomic E-state index is 5.99. The highest BCUT2D eigenvalue weighted by Gasteiger charge is 2.17. The Morgan fingerprint density at radius 1 is 1.12 bits per heavy atom. The van der Waals surface area contributed by atoms with Crippen molar-refractivity contribution in [1.29, 1.82) is 0 Å². The van der Waals surface area contributed by atoms with E-state index >= 15 is 0 Å². The average Bonchev–Trinajstić information content (AvgIpc) is 3.38. The van der Waals surface area contributed by atoms with Gasteiger partial charge in [0.25, 0.3) is 0 Å². The van der Waals surface area contributed by atoms with Crippen LogP contribution in [-0.2, 0) is 13.5 Å². The van der Waals surface area contributed by atoms with Crippen molar-refractivity contribution in [2.45, 2.75) is 16.6 Å². The number of hydrogen-bond donors (Lipinski definition) is 0. The summed E-state index contributed by atoms with van der Waals surface area (Å²) in [5.74, 6) is 0.921. The van der Waals surface area contributed by atoms with E-state index in [4.69, 9.17) is 4.42 Å². The lowest BCUT2D eigenvalue weighted by atomic mass is 10.2. The number of rotatable bonds is 4. The van der Waals surface area contributed by atoms with Crippen molar-refractivity contribution in [3.05, 3.63) is 58.8 Å². The summed E-state index contributed by atoms with van der Waals surface area (Å²) in [5, 5.41) is 13.2. The first-order valence-electron chi connectivity index (χ1n) is 8.00. The number of furan rings is 1. The van der Waals surface area contributed by atoms with Crippen molar-refractivity contribution in [2.75, 3.05) is 0 Å². The third kappa shape index (κ3) is 2.58. The van der Waals surface area contributed by atoms with Crippen LogP contribution in [0.15, 0.2) is 62.7 Å². The van der Waals surface area contributed by atoms with Gasteiger partial charge in [0.15, 0.2) is 15.8 Å². The molecule has 4 heterocycles. The highest BCUT2D eigenvalue weighted by atomic mass is 32.2. The summed E-state index contributed by atoms with van der Waals surface area (Å²) in [4.78, 5) is 10.1. The number of aromatic nitrogens is 5. The zero-order chi connectivity index (χ0) is 17.5. The number of benzene rings is 1. The van der Waals surface area contributed by atoms with Crippen LogP contribution in [0.5, 0.6) is 0 Å². The van der Waals surface area contributed by atoms with Gasteiger partial charge in [-0.3, -0.25) is 0 Å². The lowest BCUT2D eigenvalue weighted by Gasteiger charge is -2.02. The molecule has 5 rings (SSSR count). The molecule has 0 aliphatic rings. The van der Waals surface area contributed by atoms with Crippen LogP contribution in [0.4, 0.5) is 0 Å². The quantitative estimate of drug-likeness (QED) is 0.434. The highest BCUT2D eigenvalue weighted by molar-refractivity contribution is 7.99. The van der Waals surface area contributed by atoms with Crippen molar-refractivity contribution < 1.29 is 4.42 Å². The Bertz CT molecular complexity index is 1210. The third-order valence-corrected chi connectivity index (χ3v) is 6.05. The minimum atomic E-state index is 0.682. The Kier molecular flexibility index (Phi) is 3.72. The number of para-hydroxylation sites is 1. The summed E-state index contributed by atoms with van der Waals surface area (Å²) in [6, 6.07) is 12.0. The molecule has 0 aliphatic heterocycles. The van der Waals surface area contributed by atoms with Gasteiger partial charge >= 0.3 is 0 Å². The molecule has 0 unspecified atom stereocenters. The second-order valence-corrected chi connectivity index (χ2v) is 7.76. The molecule has 0 saturated heterocycles. The molecule has 5 aromatic rings. The molecule has 0 amide bonds.